The molecule has 0 radical (unpaired) electrons. The van der Waals surface area contributed by atoms with Crippen molar-refractivity contribution in [3.63, 3.8) is 0 Å². The molecule has 2 aromatic heterocycles. The van der Waals surface area contributed by atoms with E-state index in [0.717, 1.165) is 10.6 Å². The van der Waals surface area contributed by atoms with Crippen molar-refractivity contribution < 1.29 is 9.59 Å². The molecule has 1 unspecified atom stereocenters. The molecule has 3 heterocycles. The third kappa shape index (κ3) is 3.70. The number of hydrogen-bond donors (Lipinski definition) is 2. The van der Waals surface area contributed by atoms with Gasteiger partial charge in [-0.2, -0.15) is 5.26 Å². The first-order chi connectivity index (χ1) is 11.2. The Morgan fingerprint density at radius 1 is 1.39 bits per heavy atom. The fourth-order valence-electron chi connectivity index (χ4n) is 2.15. The molecule has 0 aliphatic carbocycles. The Kier molecular flexibility index (Phi) is 4.60. The van der Waals surface area contributed by atoms with Crippen LogP contribution in [0.5, 0.6) is 0 Å². The summed E-state index contributed by atoms with van der Waals surface area (Å²) in [4.78, 5) is 28.3. The summed E-state index contributed by atoms with van der Waals surface area (Å²) in [7, 11) is 0. The van der Waals surface area contributed by atoms with E-state index < -0.39 is 6.03 Å². The van der Waals surface area contributed by atoms with Gasteiger partial charge in [0.05, 0.1) is 16.1 Å². The van der Waals surface area contributed by atoms with E-state index in [-0.39, 0.29) is 18.4 Å². The van der Waals surface area contributed by atoms with Crippen LogP contribution in [0.2, 0.25) is 0 Å². The number of nitriles is 1. The first-order valence-electron chi connectivity index (χ1n) is 6.84. The molecule has 0 saturated carbocycles. The number of nitrogens with one attached hydrogen (secondary N) is 2. The molecule has 1 fully saturated rings. The number of thiophene rings is 1. The van der Waals surface area contributed by atoms with Gasteiger partial charge in [-0.25, -0.2) is 9.78 Å². The fraction of sp³-hybridized carbons (Fsp3) is 0.200. The number of amides is 3. The summed E-state index contributed by atoms with van der Waals surface area (Å²) in [5.41, 5.74) is 1.30. The summed E-state index contributed by atoms with van der Waals surface area (Å²) in [5.74, 6) is 0.189. The second-order valence-electron chi connectivity index (χ2n) is 4.87. The van der Waals surface area contributed by atoms with Gasteiger partial charge in [-0.05, 0) is 23.6 Å². The molecule has 0 aromatic carbocycles. The van der Waals surface area contributed by atoms with E-state index >= 15 is 0 Å². The Bertz CT molecular complexity index is 767. The van der Waals surface area contributed by atoms with Gasteiger partial charge in [0.2, 0.25) is 5.91 Å². The maximum atomic E-state index is 11.4. The highest BCUT2D eigenvalue weighted by atomic mass is 32.2. The Labute approximate surface area is 140 Å². The molecule has 3 rings (SSSR count). The molecule has 2 aromatic rings. The highest BCUT2D eigenvalue weighted by Gasteiger charge is 2.24. The molecule has 1 aliphatic heterocycles. The minimum absolute atomic E-state index is 0.227. The number of urea groups is 1. The predicted molar refractivity (Wildman–Crippen MR) is 88.1 cm³/mol. The van der Waals surface area contributed by atoms with Crippen LogP contribution >= 0.6 is 23.1 Å². The van der Waals surface area contributed by atoms with E-state index in [9.17, 15) is 14.9 Å². The topological polar surface area (TPSA) is 94.9 Å². The Morgan fingerprint density at radius 2 is 2.26 bits per heavy atom. The summed E-state index contributed by atoms with van der Waals surface area (Å²) in [6, 6.07) is 8.87. The van der Waals surface area contributed by atoms with Crippen molar-refractivity contribution in [1.29, 1.82) is 5.26 Å². The first-order valence-corrected chi connectivity index (χ1v) is 8.70. The molecule has 8 heteroatoms. The van der Waals surface area contributed by atoms with Gasteiger partial charge in [-0.3, -0.25) is 10.1 Å². The number of carbonyl (C=O) groups is 2. The number of pyridine rings is 1. The molecular weight excluding hydrogens is 332 g/mol. The SMILES string of the molecule is N#Cc1ccc(-c2cccs2)nc1SCC1CC(=O)NC(=O)N1. The monoisotopic (exact) mass is 344 g/mol. The minimum Gasteiger partial charge on any atom is -0.334 e. The lowest BCUT2D eigenvalue weighted by Crippen LogP contribution is -2.53. The van der Waals surface area contributed by atoms with Gasteiger partial charge in [-0.1, -0.05) is 6.07 Å². The Morgan fingerprint density at radius 3 is 2.96 bits per heavy atom. The van der Waals surface area contributed by atoms with Crippen molar-refractivity contribution in [1.82, 2.24) is 15.6 Å². The van der Waals surface area contributed by atoms with E-state index in [1.807, 2.05) is 23.6 Å². The number of thioether (sulfide) groups is 1. The van der Waals surface area contributed by atoms with E-state index in [1.165, 1.54) is 11.8 Å². The van der Waals surface area contributed by atoms with Crippen LogP contribution < -0.4 is 10.6 Å². The van der Waals surface area contributed by atoms with Crippen LogP contribution in [0, 0.1) is 11.3 Å². The number of hydrogen-bond acceptors (Lipinski definition) is 6. The third-order valence-electron chi connectivity index (χ3n) is 3.20. The largest absolute Gasteiger partial charge is 0.334 e. The summed E-state index contributed by atoms with van der Waals surface area (Å²) < 4.78 is 0. The maximum Gasteiger partial charge on any atom is 0.321 e. The smallest absolute Gasteiger partial charge is 0.321 e. The number of aromatic nitrogens is 1. The van der Waals surface area contributed by atoms with Crippen molar-refractivity contribution >= 4 is 35.0 Å². The van der Waals surface area contributed by atoms with Crippen molar-refractivity contribution in [2.75, 3.05) is 5.75 Å². The molecule has 23 heavy (non-hydrogen) atoms. The molecule has 1 saturated heterocycles. The van der Waals surface area contributed by atoms with Crippen LogP contribution in [0.15, 0.2) is 34.7 Å². The third-order valence-corrected chi connectivity index (χ3v) is 5.24. The highest BCUT2D eigenvalue weighted by Crippen LogP contribution is 2.28. The summed E-state index contributed by atoms with van der Waals surface area (Å²) in [5, 5.41) is 16.7. The number of imide groups is 1. The first kappa shape index (κ1) is 15.5. The number of nitrogens with zero attached hydrogens (tertiary/aromatic N) is 2. The number of rotatable bonds is 4. The zero-order valence-electron chi connectivity index (χ0n) is 11.9. The van der Waals surface area contributed by atoms with E-state index in [0.29, 0.717) is 16.3 Å². The molecule has 0 bridgehead atoms. The summed E-state index contributed by atoms with van der Waals surface area (Å²) in [6.45, 7) is 0. The van der Waals surface area contributed by atoms with Crippen molar-refractivity contribution in [3.05, 3.63) is 35.2 Å². The van der Waals surface area contributed by atoms with Gasteiger partial charge in [0.25, 0.3) is 0 Å². The highest BCUT2D eigenvalue weighted by molar-refractivity contribution is 7.99. The van der Waals surface area contributed by atoms with Crippen LogP contribution in [-0.4, -0.2) is 28.7 Å². The lowest BCUT2D eigenvalue weighted by Gasteiger charge is -2.22. The van der Waals surface area contributed by atoms with Crippen LogP contribution in [-0.2, 0) is 4.79 Å². The van der Waals surface area contributed by atoms with Gasteiger partial charge in [-0.15, -0.1) is 23.1 Å². The number of carbonyl (C=O) groups excluding carboxylic acids is 2. The molecular formula is C15H12N4O2S2. The van der Waals surface area contributed by atoms with Crippen molar-refractivity contribution in [2.24, 2.45) is 0 Å². The molecule has 3 amide bonds. The maximum absolute atomic E-state index is 11.4. The second-order valence-corrected chi connectivity index (χ2v) is 6.83. The summed E-state index contributed by atoms with van der Waals surface area (Å²) >= 11 is 2.95. The standard InChI is InChI=1S/C15H12N4O2S2/c16-7-9-3-4-11(12-2-1-5-22-12)18-14(9)23-8-10-6-13(20)19-15(21)17-10/h1-5,10H,6,8H2,(H2,17,19,20,21). The average molecular weight is 344 g/mol. The van der Waals surface area contributed by atoms with Gasteiger partial charge in [0.15, 0.2) is 0 Å². The second kappa shape index (κ2) is 6.81. The fourth-order valence-corrected chi connectivity index (χ4v) is 3.84. The Balaban J connectivity index is 1.76. The van der Waals surface area contributed by atoms with Crippen molar-refractivity contribution in [3.8, 4) is 16.6 Å². The van der Waals surface area contributed by atoms with Crippen LogP contribution in [0.1, 0.15) is 12.0 Å². The van der Waals surface area contributed by atoms with Crippen LogP contribution in [0.3, 0.4) is 0 Å². The lowest BCUT2D eigenvalue weighted by atomic mass is 10.2. The van der Waals surface area contributed by atoms with Crippen molar-refractivity contribution in [2.45, 2.75) is 17.5 Å². The molecule has 1 atom stereocenters. The molecule has 1 aliphatic rings. The predicted octanol–water partition coefficient (Wildman–Crippen LogP) is 2.37. The molecule has 116 valence electrons. The van der Waals surface area contributed by atoms with E-state index in [4.69, 9.17) is 0 Å². The quantitative estimate of drug-likeness (QED) is 0.830. The van der Waals surface area contributed by atoms with E-state index in [1.54, 1.807) is 17.4 Å². The average Bonchev–Trinajstić information content (AvgIpc) is 3.06. The van der Waals surface area contributed by atoms with Gasteiger partial charge in [0.1, 0.15) is 11.1 Å². The minimum atomic E-state index is -0.479. The van der Waals surface area contributed by atoms with Gasteiger partial charge in [0, 0.05) is 18.2 Å². The van der Waals surface area contributed by atoms with E-state index in [2.05, 4.69) is 21.7 Å². The van der Waals surface area contributed by atoms with Crippen LogP contribution in [0.25, 0.3) is 10.6 Å². The zero-order valence-corrected chi connectivity index (χ0v) is 13.5. The lowest BCUT2D eigenvalue weighted by molar-refractivity contribution is -0.121. The normalized spacial score (nSPS) is 17.3. The van der Waals surface area contributed by atoms with Gasteiger partial charge < -0.3 is 5.32 Å². The zero-order chi connectivity index (χ0) is 16.2. The Hall–Kier alpha value is -2.37. The summed E-state index contributed by atoms with van der Waals surface area (Å²) in [6.07, 6.45) is 0.227. The van der Waals surface area contributed by atoms with Gasteiger partial charge >= 0.3 is 6.03 Å². The molecule has 2 N–H and O–H groups in total. The van der Waals surface area contributed by atoms with Crippen LogP contribution in [0.4, 0.5) is 4.79 Å². The molecule has 0 spiro atoms. The molecule has 6 nitrogen and oxygen atoms in total.